The minimum atomic E-state index is -0.532. The average molecular weight is 689 g/mol. The van der Waals surface area contributed by atoms with E-state index in [1.807, 2.05) is 68.7 Å². The van der Waals surface area contributed by atoms with Crippen LogP contribution in [0, 0.1) is 5.82 Å². The minimum Gasteiger partial charge on any atom is -0.446 e. The summed E-state index contributed by atoms with van der Waals surface area (Å²) in [6.07, 6.45) is 4.72. The number of likely N-dealkylation sites (N-methyl/N-ethyl adjacent to an activating group) is 1. The zero-order chi connectivity index (χ0) is 35.7. The third-order valence-electron chi connectivity index (χ3n) is 9.10. The highest BCUT2D eigenvalue weighted by molar-refractivity contribution is 5.94. The van der Waals surface area contributed by atoms with Crippen molar-refractivity contribution in [1.29, 1.82) is 0 Å². The first-order chi connectivity index (χ1) is 24.2. The highest BCUT2D eigenvalue weighted by Gasteiger charge is 2.23. The van der Waals surface area contributed by atoms with E-state index in [1.165, 1.54) is 17.0 Å². The molecule has 10 nitrogen and oxygen atoms in total. The second-order valence-corrected chi connectivity index (χ2v) is 12.9. The number of amides is 3. The maximum absolute atomic E-state index is 14.6. The van der Waals surface area contributed by atoms with Crippen molar-refractivity contribution in [3.8, 4) is 11.1 Å². The van der Waals surface area contributed by atoms with Gasteiger partial charge in [-0.05, 0) is 75.5 Å². The van der Waals surface area contributed by atoms with Gasteiger partial charge in [0.15, 0.2) is 0 Å². The lowest BCUT2D eigenvalue weighted by Gasteiger charge is -2.32. The second-order valence-electron chi connectivity index (χ2n) is 12.9. The molecule has 270 valence electrons. The summed E-state index contributed by atoms with van der Waals surface area (Å²) in [5.74, 6) is -0.726. The van der Waals surface area contributed by atoms with E-state index in [0.29, 0.717) is 31.7 Å². The molecule has 0 radical (unpaired) electrons. The summed E-state index contributed by atoms with van der Waals surface area (Å²) in [7, 11) is 5.39. The number of hydrogen-bond acceptors (Lipinski definition) is 7. The van der Waals surface area contributed by atoms with Crippen LogP contribution in [0.1, 0.15) is 55.3 Å². The van der Waals surface area contributed by atoms with Crippen molar-refractivity contribution in [3.05, 3.63) is 84.2 Å². The Hall–Kier alpha value is -4.48. The SMILES string of the molecule is CNCCCN(C)C(=O)c1ccc(NCCCCCC(=O)N(C)CCN2CCC(OC(=O)Nc3ccccc3-c3ccccc3)CC2)cc1F. The van der Waals surface area contributed by atoms with Crippen LogP contribution in [0.15, 0.2) is 72.8 Å². The van der Waals surface area contributed by atoms with E-state index >= 15 is 0 Å². The molecule has 1 aliphatic heterocycles. The van der Waals surface area contributed by atoms with Crippen LogP contribution in [0.2, 0.25) is 0 Å². The number of halogens is 1. The molecule has 1 saturated heterocycles. The zero-order valence-corrected chi connectivity index (χ0v) is 29.8. The van der Waals surface area contributed by atoms with E-state index in [-0.39, 0.29) is 23.5 Å². The summed E-state index contributed by atoms with van der Waals surface area (Å²) < 4.78 is 20.4. The number of unbranched alkanes of at least 4 members (excludes halogenated alkanes) is 2. The molecule has 3 aromatic rings. The summed E-state index contributed by atoms with van der Waals surface area (Å²) >= 11 is 0. The van der Waals surface area contributed by atoms with E-state index in [9.17, 15) is 18.8 Å². The van der Waals surface area contributed by atoms with E-state index < -0.39 is 11.9 Å². The van der Waals surface area contributed by atoms with Crippen molar-refractivity contribution in [1.82, 2.24) is 20.0 Å². The fraction of sp³-hybridized carbons (Fsp3) is 0.462. The largest absolute Gasteiger partial charge is 0.446 e. The summed E-state index contributed by atoms with van der Waals surface area (Å²) in [5, 5.41) is 9.18. The third-order valence-corrected chi connectivity index (χ3v) is 9.10. The van der Waals surface area contributed by atoms with Gasteiger partial charge >= 0.3 is 6.09 Å². The summed E-state index contributed by atoms with van der Waals surface area (Å²) in [6, 6.07) is 22.3. The second kappa shape index (κ2) is 20.3. The van der Waals surface area contributed by atoms with Crippen LogP contribution in [0.25, 0.3) is 11.1 Å². The molecule has 3 aromatic carbocycles. The van der Waals surface area contributed by atoms with E-state index in [0.717, 1.165) is 81.5 Å². The Morgan fingerprint density at radius 1 is 0.860 bits per heavy atom. The minimum absolute atomic E-state index is 0.0742. The number of rotatable bonds is 18. The fourth-order valence-corrected chi connectivity index (χ4v) is 6.02. The fourth-order valence-electron chi connectivity index (χ4n) is 6.02. The van der Waals surface area contributed by atoms with Crippen LogP contribution in [0.4, 0.5) is 20.6 Å². The van der Waals surface area contributed by atoms with Gasteiger partial charge in [0, 0.05) is 71.0 Å². The number of carbonyl (C=O) groups excluding carboxylic acids is 3. The van der Waals surface area contributed by atoms with Crippen LogP contribution >= 0.6 is 0 Å². The zero-order valence-electron chi connectivity index (χ0n) is 29.8. The molecular weight excluding hydrogens is 635 g/mol. The van der Waals surface area contributed by atoms with Crippen molar-refractivity contribution >= 4 is 29.3 Å². The highest BCUT2D eigenvalue weighted by Crippen LogP contribution is 2.28. The van der Waals surface area contributed by atoms with Gasteiger partial charge in [-0.15, -0.1) is 0 Å². The molecule has 0 bridgehead atoms. The van der Waals surface area contributed by atoms with Crippen molar-refractivity contribution < 1.29 is 23.5 Å². The number of anilines is 2. The van der Waals surface area contributed by atoms with Gasteiger partial charge in [0.05, 0.1) is 11.3 Å². The molecule has 11 heteroatoms. The lowest BCUT2D eigenvalue weighted by molar-refractivity contribution is -0.130. The van der Waals surface area contributed by atoms with Gasteiger partial charge in [0.1, 0.15) is 11.9 Å². The van der Waals surface area contributed by atoms with Gasteiger partial charge in [-0.3, -0.25) is 14.9 Å². The Morgan fingerprint density at radius 3 is 2.34 bits per heavy atom. The van der Waals surface area contributed by atoms with Crippen molar-refractivity contribution in [3.63, 3.8) is 0 Å². The number of ether oxygens (including phenoxy) is 1. The Labute approximate surface area is 296 Å². The molecule has 1 aliphatic rings. The summed E-state index contributed by atoms with van der Waals surface area (Å²) in [4.78, 5) is 43.6. The number of piperidine rings is 1. The molecule has 50 heavy (non-hydrogen) atoms. The Bertz CT molecular complexity index is 1520. The third kappa shape index (κ3) is 12.1. The topological polar surface area (TPSA) is 106 Å². The number of nitrogens with zero attached hydrogens (tertiary/aromatic N) is 3. The van der Waals surface area contributed by atoms with Crippen LogP contribution in [0.5, 0.6) is 0 Å². The molecule has 0 aromatic heterocycles. The Balaban J connectivity index is 1.06. The maximum Gasteiger partial charge on any atom is 0.411 e. The van der Waals surface area contributed by atoms with Crippen molar-refractivity contribution in [2.24, 2.45) is 0 Å². The highest BCUT2D eigenvalue weighted by atomic mass is 19.1. The number of nitrogens with one attached hydrogen (secondary N) is 3. The average Bonchev–Trinajstić information content (AvgIpc) is 3.13. The predicted octanol–water partition coefficient (Wildman–Crippen LogP) is 6.32. The molecule has 0 aliphatic carbocycles. The van der Waals surface area contributed by atoms with Crippen LogP contribution in [-0.2, 0) is 9.53 Å². The summed E-state index contributed by atoms with van der Waals surface area (Å²) in [6.45, 7) is 5.06. The standard InChI is InChI=1S/C39H53FN6O4/c1-41-22-12-24-45(3)38(48)34-19-18-31(29-35(34)40)42-23-11-5-8-17-37(47)44(2)27-28-46-25-20-32(21-26-46)50-39(49)43-36-16-10-9-15-33(36)30-13-6-4-7-14-30/h4,6-7,9-10,13-16,18-19,29,32,41-42H,5,8,11-12,17,20-28H2,1-3H3,(H,43,49). The lowest BCUT2D eigenvalue weighted by atomic mass is 10.0. The molecule has 0 atom stereocenters. The Morgan fingerprint density at radius 2 is 1.60 bits per heavy atom. The number of likely N-dealkylation sites (tertiary alicyclic amines) is 1. The maximum atomic E-state index is 14.6. The number of hydrogen-bond donors (Lipinski definition) is 3. The number of para-hydroxylation sites is 1. The first-order valence-corrected chi connectivity index (χ1v) is 17.8. The first-order valence-electron chi connectivity index (χ1n) is 17.8. The monoisotopic (exact) mass is 688 g/mol. The van der Waals surface area contributed by atoms with Gasteiger partial charge in [-0.25, -0.2) is 9.18 Å². The van der Waals surface area contributed by atoms with Gasteiger partial charge in [0.2, 0.25) is 5.91 Å². The molecule has 3 N–H and O–H groups in total. The number of carbonyl (C=O) groups is 3. The molecule has 1 fully saturated rings. The quantitative estimate of drug-likeness (QED) is 0.134. The van der Waals surface area contributed by atoms with Crippen LogP contribution in [-0.4, -0.2) is 106 Å². The van der Waals surface area contributed by atoms with Crippen molar-refractivity contribution in [2.45, 2.75) is 51.0 Å². The first kappa shape index (κ1) is 38.3. The molecule has 0 unspecified atom stereocenters. The normalized spacial score (nSPS) is 13.4. The number of benzene rings is 3. The molecular formula is C39H53FN6O4. The van der Waals surface area contributed by atoms with Gasteiger partial charge in [-0.1, -0.05) is 55.0 Å². The van der Waals surface area contributed by atoms with Crippen molar-refractivity contribution in [2.75, 3.05) is 77.6 Å². The van der Waals surface area contributed by atoms with Crippen LogP contribution in [0.3, 0.4) is 0 Å². The predicted molar refractivity (Wildman–Crippen MR) is 198 cm³/mol. The van der Waals surface area contributed by atoms with E-state index in [4.69, 9.17) is 4.74 Å². The van der Waals surface area contributed by atoms with Gasteiger partial charge in [0.25, 0.3) is 5.91 Å². The molecule has 4 rings (SSSR count). The molecule has 0 spiro atoms. The van der Waals surface area contributed by atoms with E-state index in [2.05, 4.69) is 20.9 Å². The van der Waals surface area contributed by atoms with E-state index in [1.54, 1.807) is 18.0 Å². The summed E-state index contributed by atoms with van der Waals surface area (Å²) in [5.41, 5.74) is 3.40. The van der Waals surface area contributed by atoms with Gasteiger partial charge in [-0.2, -0.15) is 0 Å². The molecule has 0 saturated carbocycles. The smallest absolute Gasteiger partial charge is 0.411 e. The van der Waals surface area contributed by atoms with Gasteiger partial charge < -0.3 is 30.1 Å². The lowest BCUT2D eigenvalue weighted by Crippen LogP contribution is -2.42. The Kier molecular flexibility index (Phi) is 15.5. The molecule has 1 heterocycles. The van der Waals surface area contributed by atoms with Crippen LogP contribution < -0.4 is 16.0 Å². The molecule has 3 amide bonds.